The van der Waals surface area contributed by atoms with Gasteiger partial charge in [-0.25, -0.2) is 8.78 Å². The Morgan fingerprint density at radius 2 is 1.89 bits per heavy atom. The standard InChI is InChI=1S/C23H26F2N2O/c24-20-8-3-5-17(13-20)14-26-12-4-7-19(15-26)23(28)27(21-10-11-21)16-18-6-1-2-9-22(18)25/h1-3,5-6,8-9,13,19,21H,4,7,10-12,14-16H2. The number of amides is 1. The Morgan fingerprint density at radius 1 is 1.07 bits per heavy atom. The normalized spacial score (nSPS) is 20.1. The van der Waals surface area contributed by atoms with Gasteiger partial charge in [-0.15, -0.1) is 0 Å². The number of hydrogen-bond acceptors (Lipinski definition) is 2. The van der Waals surface area contributed by atoms with Crippen LogP contribution in [0.2, 0.25) is 0 Å². The van der Waals surface area contributed by atoms with Crippen LogP contribution >= 0.6 is 0 Å². The van der Waals surface area contributed by atoms with Crippen molar-refractivity contribution < 1.29 is 13.6 Å². The highest BCUT2D eigenvalue weighted by Crippen LogP contribution is 2.32. The summed E-state index contributed by atoms with van der Waals surface area (Å²) in [6.45, 7) is 2.59. The lowest BCUT2D eigenvalue weighted by Crippen LogP contribution is -2.45. The SMILES string of the molecule is O=C(C1CCCN(Cc2cccc(F)c2)C1)N(Cc1ccccc1F)C1CC1. The van der Waals surface area contributed by atoms with Crippen molar-refractivity contribution in [2.45, 2.75) is 44.8 Å². The molecule has 0 aromatic heterocycles. The summed E-state index contributed by atoms with van der Waals surface area (Å²) in [5.41, 5.74) is 1.51. The number of benzene rings is 2. The molecule has 1 saturated heterocycles. The third-order valence-corrected chi connectivity index (χ3v) is 5.72. The Kier molecular flexibility index (Phi) is 5.72. The van der Waals surface area contributed by atoms with Crippen LogP contribution in [-0.4, -0.2) is 34.8 Å². The second-order valence-corrected chi connectivity index (χ2v) is 7.99. The van der Waals surface area contributed by atoms with Crippen molar-refractivity contribution in [1.29, 1.82) is 0 Å². The maximum absolute atomic E-state index is 14.1. The zero-order valence-corrected chi connectivity index (χ0v) is 16.0. The van der Waals surface area contributed by atoms with Crippen LogP contribution in [0.3, 0.4) is 0 Å². The molecule has 1 aliphatic heterocycles. The average molecular weight is 384 g/mol. The fourth-order valence-electron chi connectivity index (χ4n) is 4.11. The Bertz CT molecular complexity index is 837. The molecule has 5 heteroatoms. The quantitative estimate of drug-likeness (QED) is 0.738. The van der Waals surface area contributed by atoms with Gasteiger partial charge >= 0.3 is 0 Å². The highest BCUT2D eigenvalue weighted by atomic mass is 19.1. The van der Waals surface area contributed by atoms with Gasteiger partial charge in [0.05, 0.1) is 5.92 Å². The van der Waals surface area contributed by atoms with Crippen molar-refractivity contribution in [2.75, 3.05) is 13.1 Å². The lowest BCUT2D eigenvalue weighted by atomic mass is 9.95. The summed E-state index contributed by atoms with van der Waals surface area (Å²) in [5.74, 6) is -0.423. The second-order valence-electron chi connectivity index (χ2n) is 7.99. The van der Waals surface area contributed by atoms with Crippen molar-refractivity contribution >= 4 is 5.91 Å². The number of halogens is 2. The minimum Gasteiger partial charge on any atom is -0.335 e. The first-order chi connectivity index (χ1) is 13.6. The van der Waals surface area contributed by atoms with Gasteiger partial charge in [0.2, 0.25) is 5.91 Å². The van der Waals surface area contributed by atoms with Crippen LogP contribution in [0.4, 0.5) is 8.78 Å². The summed E-state index contributed by atoms with van der Waals surface area (Å²) in [7, 11) is 0. The number of rotatable bonds is 6. The van der Waals surface area contributed by atoms with E-state index in [0.717, 1.165) is 37.8 Å². The van der Waals surface area contributed by atoms with Crippen molar-refractivity contribution in [3.63, 3.8) is 0 Å². The monoisotopic (exact) mass is 384 g/mol. The number of carbonyl (C=O) groups excluding carboxylic acids is 1. The number of carbonyl (C=O) groups is 1. The number of nitrogens with zero attached hydrogens (tertiary/aromatic N) is 2. The van der Waals surface area contributed by atoms with Gasteiger partial charge in [0.1, 0.15) is 11.6 Å². The molecule has 148 valence electrons. The molecule has 0 spiro atoms. The molecular weight excluding hydrogens is 358 g/mol. The van der Waals surface area contributed by atoms with Crippen LogP contribution in [0.1, 0.15) is 36.8 Å². The van der Waals surface area contributed by atoms with Gasteiger partial charge in [-0.2, -0.15) is 0 Å². The molecule has 4 rings (SSSR count). The molecule has 0 bridgehead atoms. The van der Waals surface area contributed by atoms with E-state index in [2.05, 4.69) is 4.90 Å². The van der Waals surface area contributed by atoms with Crippen molar-refractivity contribution in [1.82, 2.24) is 9.80 Å². The van der Waals surface area contributed by atoms with E-state index >= 15 is 0 Å². The van der Waals surface area contributed by atoms with E-state index in [1.165, 1.54) is 12.1 Å². The molecule has 2 aromatic rings. The van der Waals surface area contributed by atoms with E-state index in [9.17, 15) is 13.6 Å². The molecule has 28 heavy (non-hydrogen) atoms. The van der Waals surface area contributed by atoms with Crippen molar-refractivity contribution in [3.8, 4) is 0 Å². The van der Waals surface area contributed by atoms with E-state index in [4.69, 9.17) is 0 Å². The first kappa shape index (κ1) is 19.1. The molecular formula is C23H26F2N2O. The van der Waals surface area contributed by atoms with Crippen LogP contribution in [0.5, 0.6) is 0 Å². The van der Waals surface area contributed by atoms with Crippen LogP contribution in [0.15, 0.2) is 48.5 Å². The molecule has 1 aliphatic carbocycles. The summed E-state index contributed by atoms with van der Waals surface area (Å²) < 4.78 is 27.6. The molecule has 1 amide bonds. The molecule has 0 radical (unpaired) electrons. The second kappa shape index (κ2) is 8.39. The molecule has 1 heterocycles. The lowest BCUT2D eigenvalue weighted by Gasteiger charge is -2.35. The lowest BCUT2D eigenvalue weighted by molar-refractivity contribution is -0.138. The van der Waals surface area contributed by atoms with Gasteiger partial charge in [-0.3, -0.25) is 9.69 Å². The summed E-state index contributed by atoms with van der Waals surface area (Å²) >= 11 is 0. The minimum atomic E-state index is -0.252. The third-order valence-electron chi connectivity index (χ3n) is 5.72. The van der Waals surface area contributed by atoms with E-state index in [-0.39, 0.29) is 29.5 Å². The van der Waals surface area contributed by atoms with E-state index in [1.54, 1.807) is 24.3 Å². The maximum atomic E-state index is 14.1. The largest absolute Gasteiger partial charge is 0.335 e. The highest BCUT2D eigenvalue weighted by Gasteiger charge is 2.37. The maximum Gasteiger partial charge on any atom is 0.227 e. The first-order valence-corrected chi connectivity index (χ1v) is 10.1. The zero-order valence-electron chi connectivity index (χ0n) is 16.0. The third kappa shape index (κ3) is 4.58. The molecule has 1 unspecified atom stereocenters. The van der Waals surface area contributed by atoms with Crippen LogP contribution in [0.25, 0.3) is 0 Å². The highest BCUT2D eigenvalue weighted by molar-refractivity contribution is 5.80. The number of likely N-dealkylation sites (tertiary alicyclic amines) is 1. The summed E-state index contributed by atoms with van der Waals surface area (Å²) in [5, 5.41) is 0. The van der Waals surface area contributed by atoms with E-state index < -0.39 is 0 Å². The first-order valence-electron chi connectivity index (χ1n) is 10.1. The number of piperidine rings is 1. The van der Waals surface area contributed by atoms with Gasteiger partial charge in [-0.05, 0) is 56.0 Å². The molecule has 3 nitrogen and oxygen atoms in total. The van der Waals surface area contributed by atoms with Crippen molar-refractivity contribution in [3.05, 3.63) is 71.3 Å². The smallest absolute Gasteiger partial charge is 0.227 e. The number of hydrogen-bond donors (Lipinski definition) is 0. The van der Waals surface area contributed by atoms with Gasteiger partial charge < -0.3 is 4.90 Å². The molecule has 2 aliphatic rings. The predicted octanol–water partition coefficient (Wildman–Crippen LogP) is 4.37. The Labute approximate surface area is 165 Å². The fraction of sp³-hybridized carbons (Fsp3) is 0.435. The fourth-order valence-corrected chi connectivity index (χ4v) is 4.11. The molecule has 1 atom stereocenters. The molecule has 0 N–H and O–H groups in total. The predicted molar refractivity (Wildman–Crippen MR) is 104 cm³/mol. The Morgan fingerprint density at radius 3 is 2.64 bits per heavy atom. The van der Waals surface area contributed by atoms with Gasteiger partial charge in [0.25, 0.3) is 0 Å². The van der Waals surface area contributed by atoms with Crippen LogP contribution < -0.4 is 0 Å². The molecule has 2 aromatic carbocycles. The van der Waals surface area contributed by atoms with Gasteiger partial charge in [0.15, 0.2) is 0 Å². The van der Waals surface area contributed by atoms with E-state index in [0.29, 0.717) is 25.2 Å². The van der Waals surface area contributed by atoms with Gasteiger partial charge in [0, 0.05) is 31.2 Å². The van der Waals surface area contributed by atoms with Crippen LogP contribution in [0, 0.1) is 17.6 Å². The molecule has 1 saturated carbocycles. The molecule has 2 fully saturated rings. The Balaban J connectivity index is 1.42. The summed E-state index contributed by atoms with van der Waals surface area (Å²) in [4.78, 5) is 17.4. The minimum absolute atomic E-state index is 0.0744. The Hall–Kier alpha value is -2.27. The van der Waals surface area contributed by atoms with Crippen LogP contribution in [-0.2, 0) is 17.9 Å². The zero-order chi connectivity index (χ0) is 19.5. The van der Waals surface area contributed by atoms with Crippen molar-refractivity contribution in [2.24, 2.45) is 5.92 Å². The summed E-state index contributed by atoms with van der Waals surface area (Å²) in [6, 6.07) is 13.6. The van der Waals surface area contributed by atoms with E-state index in [1.807, 2.05) is 17.0 Å². The van der Waals surface area contributed by atoms with Gasteiger partial charge in [-0.1, -0.05) is 30.3 Å². The summed E-state index contributed by atoms with van der Waals surface area (Å²) in [6.07, 6.45) is 3.81. The average Bonchev–Trinajstić information content (AvgIpc) is 3.52. The topological polar surface area (TPSA) is 23.6 Å².